The first-order chi connectivity index (χ1) is 12.0. The van der Waals surface area contributed by atoms with Crippen molar-refractivity contribution in [2.24, 2.45) is 5.10 Å². The van der Waals surface area contributed by atoms with E-state index in [0.717, 1.165) is 10.5 Å². The summed E-state index contributed by atoms with van der Waals surface area (Å²) in [5, 5.41) is 14.8. The highest BCUT2D eigenvalue weighted by Crippen LogP contribution is 2.19. The Labute approximate surface area is 153 Å². The highest BCUT2D eigenvalue weighted by molar-refractivity contribution is 8.00. The summed E-state index contributed by atoms with van der Waals surface area (Å²) in [5.74, 6) is -0.880. The van der Waals surface area contributed by atoms with Crippen LogP contribution in [0, 0.1) is 0 Å². The molecule has 2 aromatic carbocycles. The summed E-state index contributed by atoms with van der Waals surface area (Å²) in [6.07, 6.45) is 1.48. The number of hydrogen-bond donors (Lipinski definition) is 1. The molecule has 1 amide bonds. The quantitative estimate of drug-likeness (QED) is 0.429. The minimum Gasteiger partial charge on any atom is -0.546 e. The second-order valence-electron chi connectivity index (χ2n) is 4.77. The van der Waals surface area contributed by atoms with Crippen LogP contribution in [0.25, 0.3) is 0 Å². The van der Waals surface area contributed by atoms with E-state index in [2.05, 4.69) is 10.5 Å². The monoisotopic (exact) mass is 377 g/mol. The third-order valence-electron chi connectivity index (χ3n) is 2.82. The van der Waals surface area contributed by atoms with Crippen molar-refractivity contribution >= 4 is 41.5 Å². The number of amides is 1. The second-order valence-corrected chi connectivity index (χ2v) is 6.25. The van der Waals surface area contributed by atoms with Gasteiger partial charge in [-0.2, -0.15) is 5.10 Å². The maximum absolute atomic E-state index is 11.7. The Hall–Kier alpha value is -2.51. The number of ether oxygens (including phenoxy) is 1. The van der Waals surface area contributed by atoms with Crippen molar-refractivity contribution in [3.05, 3.63) is 59.1 Å². The van der Waals surface area contributed by atoms with E-state index in [1.165, 1.54) is 18.0 Å². The molecule has 0 saturated heterocycles. The second kappa shape index (κ2) is 9.71. The van der Waals surface area contributed by atoms with E-state index < -0.39 is 12.6 Å². The number of rotatable bonds is 8. The van der Waals surface area contributed by atoms with Gasteiger partial charge in [0, 0.05) is 9.92 Å². The van der Waals surface area contributed by atoms with Crippen LogP contribution in [0.1, 0.15) is 5.56 Å². The number of carbonyl (C=O) groups is 2. The molecule has 0 aliphatic rings. The molecular weight excluding hydrogens is 364 g/mol. The number of carbonyl (C=O) groups excluding carboxylic acids is 2. The Morgan fingerprint density at radius 1 is 1.16 bits per heavy atom. The number of hydrazone groups is 1. The van der Waals surface area contributed by atoms with Gasteiger partial charge in [-0.05, 0) is 54.1 Å². The Kier molecular flexibility index (Phi) is 7.31. The lowest BCUT2D eigenvalue weighted by molar-refractivity contribution is -0.307. The number of hydrogen-bond acceptors (Lipinski definition) is 6. The molecule has 0 bridgehead atoms. The summed E-state index contributed by atoms with van der Waals surface area (Å²) in [6.45, 7) is -0.505. The molecule has 0 fully saturated rings. The maximum atomic E-state index is 11.7. The van der Waals surface area contributed by atoms with Gasteiger partial charge in [0.15, 0.2) is 0 Å². The molecule has 0 spiro atoms. The van der Waals surface area contributed by atoms with Gasteiger partial charge in [0.25, 0.3) is 0 Å². The van der Waals surface area contributed by atoms with Gasteiger partial charge in [0.05, 0.1) is 17.9 Å². The molecule has 130 valence electrons. The lowest BCUT2D eigenvalue weighted by Crippen LogP contribution is -2.28. The number of aliphatic carboxylic acids is 1. The Balaban J connectivity index is 1.74. The van der Waals surface area contributed by atoms with Gasteiger partial charge in [-0.3, -0.25) is 4.79 Å². The Morgan fingerprint density at radius 3 is 2.48 bits per heavy atom. The van der Waals surface area contributed by atoms with Gasteiger partial charge < -0.3 is 14.6 Å². The van der Waals surface area contributed by atoms with E-state index in [1.807, 2.05) is 12.1 Å². The maximum Gasteiger partial charge on any atom is 0.250 e. The van der Waals surface area contributed by atoms with Gasteiger partial charge in [0.2, 0.25) is 5.91 Å². The van der Waals surface area contributed by atoms with Crippen LogP contribution in [0.15, 0.2) is 58.5 Å². The molecule has 0 aliphatic heterocycles. The highest BCUT2D eigenvalue weighted by atomic mass is 35.5. The lowest BCUT2D eigenvalue weighted by atomic mass is 10.2. The van der Waals surface area contributed by atoms with Gasteiger partial charge >= 0.3 is 0 Å². The largest absolute Gasteiger partial charge is 0.546 e. The van der Waals surface area contributed by atoms with Crippen LogP contribution in [-0.2, 0) is 9.59 Å². The Bertz CT molecular complexity index is 748. The molecule has 2 aromatic rings. The van der Waals surface area contributed by atoms with Crippen LogP contribution >= 0.6 is 23.4 Å². The summed E-state index contributed by atoms with van der Waals surface area (Å²) in [5.41, 5.74) is 3.16. The molecule has 8 heteroatoms. The number of benzene rings is 2. The van der Waals surface area contributed by atoms with E-state index >= 15 is 0 Å². The van der Waals surface area contributed by atoms with Gasteiger partial charge in [-0.15, -0.1) is 11.8 Å². The average molecular weight is 378 g/mol. The van der Waals surface area contributed by atoms with E-state index in [0.29, 0.717) is 10.8 Å². The van der Waals surface area contributed by atoms with Gasteiger partial charge in [0.1, 0.15) is 12.4 Å². The number of nitrogens with one attached hydrogen (secondary N) is 1. The Morgan fingerprint density at radius 2 is 1.84 bits per heavy atom. The van der Waals surface area contributed by atoms with Crippen LogP contribution in [-0.4, -0.2) is 30.5 Å². The molecule has 0 radical (unpaired) electrons. The van der Waals surface area contributed by atoms with Crippen LogP contribution in [0.4, 0.5) is 0 Å². The molecule has 0 aliphatic carbocycles. The van der Waals surface area contributed by atoms with Crippen molar-refractivity contribution in [1.29, 1.82) is 0 Å². The molecule has 1 N–H and O–H groups in total. The number of carboxylic acid groups (broad SMARTS) is 1. The molecule has 2 rings (SSSR count). The van der Waals surface area contributed by atoms with Crippen molar-refractivity contribution in [3.63, 3.8) is 0 Å². The van der Waals surface area contributed by atoms with Crippen LogP contribution in [0.3, 0.4) is 0 Å². The molecule has 0 saturated carbocycles. The third-order valence-corrected chi connectivity index (χ3v) is 4.09. The van der Waals surface area contributed by atoms with Crippen molar-refractivity contribution in [2.75, 3.05) is 12.4 Å². The molecule has 6 nitrogen and oxygen atoms in total. The standard InChI is InChI=1S/C17H15ClN2O4S/c18-13-3-7-15(8-4-13)25-11-16(21)20-19-9-12-1-5-14(6-2-12)24-10-17(22)23/h1-9H,10-11H2,(H,20,21)(H,22,23)/p-1/b19-9-. The smallest absolute Gasteiger partial charge is 0.250 e. The van der Waals surface area contributed by atoms with Crippen molar-refractivity contribution in [1.82, 2.24) is 5.43 Å². The van der Waals surface area contributed by atoms with E-state index in [9.17, 15) is 14.7 Å². The summed E-state index contributed by atoms with van der Waals surface area (Å²) >= 11 is 7.18. The van der Waals surface area contributed by atoms with Crippen molar-refractivity contribution < 1.29 is 19.4 Å². The molecule has 0 heterocycles. The van der Waals surface area contributed by atoms with Crippen LogP contribution in [0.5, 0.6) is 5.75 Å². The molecule has 0 atom stereocenters. The third kappa shape index (κ3) is 7.28. The first kappa shape index (κ1) is 18.8. The normalized spacial score (nSPS) is 10.6. The van der Waals surface area contributed by atoms with E-state index in [1.54, 1.807) is 36.4 Å². The van der Waals surface area contributed by atoms with Crippen molar-refractivity contribution in [3.8, 4) is 5.75 Å². The van der Waals surface area contributed by atoms with Gasteiger partial charge in [-0.25, -0.2) is 5.43 Å². The SMILES string of the molecule is O=C([O-])COc1ccc(/C=N\NC(=O)CSc2ccc(Cl)cc2)cc1. The van der Waals surface area contributed by atoms with Crippen LogP contribution in [0.2, 0.25) is 5.02 Å². The predicted octanol–water partition coefficient (Wildman–Crippen LogP) is 1.71. The number of halogens is 1. The van der Waals surface area contributed by atoms with Crippen molar-refractivity contribution in [2.45, 2.75) is 4.90 Å². The minimum absolute atomic E-state index is 0.231. The summed E-state index contributed by atoms with van der Waals surface area (Å²) in [6, 6.07) is 13.8. The van der Waals surface area contributed by atoms with Crippen LogP contribution < -0.4 is 15.3 Å². The fourth-order valence-electron chi connectivity index (χ4n) is 1.68. The summed E-state index contributed by atoms with van der Waals surface area (Å²) < 4.78 is 4.96. The topological polar surface area (TPSA) is 90.8 Å². The average Bonchev–Trinajstić information content (AvgIpc) is 2.60. The van der Waals surface area contributed by atoms with E-state index in [-0.39, 0.29) is 11.7 Å². The predicted molar refractivity (Wildman–Crippen MR) is 94.9 cm³/mol. The van der Waals surface area contributed by atoms with E-state index in [4.69, 9.17) is 16.3 Å². The number of thioether (sulfide) groups is 1. The lowest BCUT2D eigenvalue weighted by Gasteiger charge is -2.06. The zero-order valence-corrected chi connectivity index (χ0v) is 14.5. The fraction of sp³-hybridized carbons (Fsp3) is 0.118. The minimum atomic E-state index is -1.29. The number of carboxylic acids is 1. The first-order valence-electron chi connectivity index (χ1n) is 7.16. The molecule has 0 aromatic heterocycles. The molecule has 25 heavy (non-hydrogen) atoms. The molecular formula is C17H14ClN2O4S-. The summed E-state index contributed by atoms with van der Waals surface area (Å²) in [7, 11) is 0. The zero-order chi connectivity index (χ0) is 18.1. The summed E-state index contributed by atoms with van der Waals surface area (Å²) in [4.78, 5) is 23.0. The first-order valence-corrected chi connectivity index (χ1v) is 8.52. The van der Waals surface area contributed by atoms with Gasteiger partial charge in [-0.1, -0.05) is 11.6 Å². The number of nitrogens with zero attached hydrogens (tertiary/aromatic N) is 1. The fourth-order valence-corrected chi connectivity index (χ4v) is 2.50. The molecule has 0 unspecified atom stereocenters. The highest BCUT2D eigenvalue weighted by Gasteiger charge is 2.01. The zero-order valence-electron chi connectivity index (χ0n) is 13.0.